The first-order valence-corrected chi connectivity index (χ1v) is 9.79. The molecule has 0 fully saturated rings. The molecule has 8 heteroatoms. The van der Waals surface area contributed by atoms with E-state index in [2.05, 4.69) is 21.7 Å². The van der Waals surface area contributed by atoms with Gasteiger partial charge in [-0.2, -0.15) is 0 Å². The number of sulfone groups is 1. The van der Waals surface area contributed by atoms with Crippen molar-refractivity contribution in [3.63, 3.8) is 0 Å². The Morgan fingerprint density at radius 3 is 2.56 bits per heavy atom. The van der Waals surface area contributed by atoms with Crippen molar-refractivity contribution in [2.45, 2.75) is 38.0 Å². The Morgan fingerprint density at radius 1 is 1.28 bits per heavy atom. The lowest BCUT2D eigenvalue weighted by Crippen LogP contribution is -2.44. The Bertz CT molecular complexity index is 674. The lowest BCUT2D eigenvalue weighted by molar-refractivity contribution is 0.235. The van der Waals surface area contributed by atoms with Crippen molar-refractivity contribution >= 4 is 39.8 Å². The molecule has 1 atom stereocenters. The van der Waals surface area contributed by atoms with Crippen LogP contribution in [0.2, 0.25) is 0 Å². The van der Waals surface area contributed by atoms with Gasteiger partial charge in [-0.25, -0.2) is 8.42 Å². The molecule has 142 valence electrons. The maximum Gasteiger partial charge on any atom is 0.191 e. The molecule has 0 radical (unpaired) electrons. The summed E-state index contributed by atoms with van der Waals surface area (Å²) in [6.07, 6.45) is 0.915. The summed E-state index contributed by atoms with van der Waals surface area (Å²) < 4.78 is 29.3. The minimum Gasteiger partial charge on any atom is -0.488 e. The Hall–Kier alpha value is -1.03. The molecule has 1 heterocycles. The quantitative estimate of drug-likeness (QED) is 0.382. The van der Waals surface area contributed by atoms with Gasteiger partial charge in [0.2, 0.25) is 0 Å². The fourth-order valence-electron chi connectivity index (χ4n) is 2.41. The van der Waals surface area contributed by atoms with Gasteiger partial charge in [-0.3, -0.25) is 4.99 Å². The molecule has 2 N–H and O–H groups in total. The fraction of sp³-hybridized carbons (Fsp3) is 0.588. The summed E-state index contributed by atoms with van der Waals surface area (Å²) >= 11 is 0. The van der Waals surface area contributed by atoms with E-state index in [1.165, 1.54) is 5.56 Å². The zero-order chi connectivity index (χ0) is 17.8. The molecule has 0 saturated carbocycles. The standard InChI is InChI=1S/C17H27N3O3S.HI/c1-17(2,3)24(21,22)10-9-19-16(18-4)20-12-14-11-13-7-5-6-8-15(13)23-14;/h5-8,14H,9-12H2,1-4H3,(H2,18,19,20);1H. The lowest BCUT2D eigenvalue weighted by atomic mass is 10.1. The van der Waals surface area contributed by atoms with Crippen molar-refractivity contribution in [2.24, 2.45) is 4.99 Å². The summed E-state index contributed by atoms with van der Waals surface area (Å²) in [6.45, 7) is 6.07. The average molecular weight is 481 g/mol. The van der Waals surface area contributed by atoms with Crippen molar-refractivity contribution in [1.29, 1.82) is 0 Å². The van der Waals surface area contributed by atoms with Crippen LogP contribution in [0.1, 0.15) is 26.3 Å². The van der Waals surface area contributed by atoms with Gasteiger partial charge in [0.1, 0.15) is 11.9 Å². The first-order chi connectivity index (χ1) is 11.2. The largest absolute Gasteiger partial charge is 0.488 e. The van der Waals surface area contributed by atoms with E-state index in [1.54, 1.807) is 27.8 Å². The number of hydrogen-bond donors (Lipinski definition) is 2. The van der Waals surface area contributed by atoms with E-state index in [4.69, 9.17) is 4.74 Å². The smallest absolute Gasteiger partial charge is 0.191 e. The minimum absolute atomic E-state index is 0. The molecule has 0 aromatic heterocycles. The summed E-state index contributed by atoms with van der Waals surface area (Å²) in [6, 6.07) is 8.01. The van der Waals surface area contributed by atoms with Crippen LogP contribution in [0.5, 0.6) is 5.75 Å². The zero-order valence-corrected chi connectivity index (χ0v) is 18.4. The number of ether oxygens (including phenoxy) is 1. The lowest BCUT2D eigenvalue weighted by Gasteiger charge is -2.20. The van der Waals surface area contributed by atoms with Crippen LogP contribution in [0.3, 0.4) is 0 Å². The molecule has 1 unspecified atom stereocenters. The number of hydrogen-bond acceptors (Lipinski definition) is 4. The highest BCUT2D eigenvalue weighted by Gasteiger charge is 2.28. The molecule has 1 aromatic carbocycles. The molecule has 6 nitrogen and oxygen atoms in total. The van der Waals surface area contributed by atoms with Crippen LogP contribution >= 0.6 is 24.0 Å². The van der Waals surface area contributed by atoms with E-state index in [0.29, 0.717) is 19.0 Å². The van der Waals surface area contributed by atoms with Gasteiger partial charge in [0.15, 0.2) is 15.8 Å². The summed E-state index contributed by atoms with van der Waals surface area (Å²) in [5.41, 5.74) is 1.21. The third-order valence-electron chi connectivity index (χ3n) is 4.03. The van der Waals surface area contributed by atoms with Gasteiger partial charge in [0, 0.05) is 20.0 Å². The highest BCUT2D eigenvalue weighted by Crippen LogP contribution is 2.27. The number of guanidine groups is 1. The van der Waals surface area contributed by atoms with Gasteiger partial charge in [-0.1, -0.05) is 18.2 Å². The van der Waals surface area contributed by atoms with Crippen LogP contribution in [0.25, 0.3) is 0 Å². The number of nitrogens with zero attached hydrogens (tertiary/aromatic N) is 1. The van der Waals surface area contributed by atoms with Crippen molar-refractivity contribution in [2.75, 3.05) is 25.9 Å². The van der Waals surface area contributed by atoms with E-state index in [1.807, 2.05) is 18.2 Å². The Morgan fingerprint density at radius 2 is 1.96 bits per heavy atom. The summed E-state index contributed by atoms with van der Waals surface area (Å²) in [5.74, 6) is 1.59. The first kappa shape index (κ1) is 22.0. The summed E-state index contributed by atoms with van der Waals surface area (Å²) in [5, 5.41) is 6.24. The van der Waals surface area contributed by atoms with Gasteiger partial charge in [0.05, 0.1) is 17.0 Å². The molecule has 1 aliphatic rings. The minimum atomic E-state index is -3.14. The van der Waals surface area contributed by atoms with E-state index in [9.17, 15) is 8.42 Å². The van der Waals surface area contributed by atoms with Gasteiger partial charge in [-0.15, -0.1) is 24.0 Å². The monoisotopic (exact) mass is 481 g/mol. The second kappa shape index (κ2) is 9.07. The molecule has 0 amide bonds. The normalized spacial score (nSPS) is 17.3. The zero-order valence-electron chi connectivity index (χ0n) is 15.2. The Balaban J connectivity index is 0.00000312. The van der Waals surface area contributed by atoms with Crippen LogP contribution in [0.15, 0.2) is 29.3 Å². The molecule has 0 aliphatic carbocycles. The highest BCUT2D eigenvalue weighted by molar-refractivity contribution is 14.0. The number of fused-ring (bicyclic) bond motifs is 1. The predicted octanol–water partition coefficient (Wildman–Crippen LogP) is 1.99. The molecule has 1 aliphatic heterocycles. The van der Waals surface area contributed by atoms with Crippen molar-refractivity contribution in [3.8, 4) is 5.75 Å². The molecule has 2 rings (SSSR count). The second-order valence-electron chi connectivity index (χ2n) is 6.86. The molecular formula is C17H28IN3O3S. The molecule has 0 saturated heterocycles. The number of nitrogens with one attached hydrogen (secondary N) is 2. The molecule has 0 bridgehead atoms. The highest BCUT2D eigenvalue weighted by atomic mass is 127. The Labute approximate surface area is 167 Å². The number of aliphatic imine (C=N–C) groups is 1. The Kier molecular flexibility index (Phi) is 7.98. The van der Waals surface area contributed by atoms with Crippen molar-refractivity contribution in [1.82, 2.24) is 10.6 Å². The third-order valence-corrected chi connectivity index (χ3v) is 6.64. The average Bonchev–Trinajstić information content (AvgIpc) is 2.92. The summed E-state index contributed by atoms with van der Waals surface area (Å²) in [7, 11) is -1.47. The van der Waals surface area contributed by atoms with E-state index in [-0.39, 0.29) is 35.8 Å². The predicted molar refractivity (Wildman–Crippen MR) is 113 cm³/mol. The van der Waals surface area contributed by atoms with Gasteiger partial charge >= 0.3 is 0 Å². The van der Waals surface area contributed by atoms with Crippen LogP contribution < -0.4 is 15.4 Å². The summed E-state index contributed by atoms with van der Waals surface area (Å²) in [4.78, 5) is 4.12. The molecular weight excluding hydrogens is 453 g/mol. The molecule has 25 heavy (non-hydrogen) atoms. The topological polar surface area (TPSA) is 79.8 Å². The van der Waals surface area contributed by atoms with Crippen molar-refractivity contribution < 1.29 is 13.2 Å². The van der Waals surface area contributed by atoms with Crippen LogP contribution in [-0.4, -0.2) is 51.1 Å². The fourth-order valence-corrected chi connectivity index (χ4v) is 3.39. The number of para-hydroxylation sites is 1. The third kappa shape index (κ3) is 6.02. The number of halogens is 1. The molecule has 0 spiro atoms. The SMILES string of the molecule is CN=C(NCCS(=O)(=O)C(C)(C)C)NCC1Cc2ccccc2O1.I. The van der Waals surface area contributed by atoms with Gasteiger partial charge < -0.3 is 15.4 Å². The maximum atomic E-state index is 12.1. The van der Waals surface area contributed by atoms with Crippen LogP contribution in [0.4, 0.5) is 0 Å². The maximum absolute atomic E-state index is 12.1. The van der Waals surface area contributed by atoms with Crippen LogP contribution in [0, 0.1) is 0 Å². The van der Waals surface area contributed by atoms with E-state index < -0.39 is 14.6 Å². The molecule has 1 aromatic rings. The van der Waals surface area contributed by atoms with Crippen LogP contribution in [-0.2, 0) is 16.3 Å². The van der Waals surface area contributed by atoms with E-state index >= 15 is 0 Å². The van der Waals surface area contributed by atoms with Gasteiger partial charge in [-0.05, 0) is 32.4 Å². The van der Waals surface area contributed by atoms with Crippen molar-refractivity contribution in [3.05, 3.63) is 29.8 Å². The first-order valence-electron chi connectivity index (χ1n) is 8.14. The second-order valence-corrected chi connectivity index (χ2v) is 9.73. The van der Waals surface area contributed by atoms with E-state index in [0.717, 1.165) is 12.2 Å². The number of rotatable bonds is 5. The van der Waals surface area contributed by atoms with Gasteiger partial charge in [0.25, 0.3) is 0 Å². The number of benzene rings is 1.